The molecule has 1 amide bonds. The fourth-order valence-corrected chi connectivity index (χ4v) is 2.49. The lowest BCUT2D eigenvalue weighted by Crippen LogP contribution is -2.35. The molecule has 3 aromatic rings. The molecule has 0 bridgehead atoms. The van der Waals surface area contributed by atoms with Gasteiger partial charge in [-0.05, 0) is 54.1 Å². The third-order valence-electron chi connectivity index (χ3n) is 3.95. The summed E-state index contributed by atoms with van der Waals surface area (Å²) in [7, 11) is 1.60. The minimum absolute atomic E-state index is 0.242. The lowest BCUT2D eigenvalue weighted by molar-refractivity contribution is -0.129. The standard InChI is InChI=1S/C20H19NO5/c1-13(19(22)21-12-18-4-3-9-25-18)26-20(23)16-6-5-15-11-17(24-2)8-7-14(15)10-16/h3-11,13H,12H2,1-2H3,(H,21,22)/t13-/m1/s1. The van der Waals surface area contributed by atoms with Crippen molar-refractivity contribution in [1.82, 2.24) is 5.32 Å². The maximum absolute atomic E-state index is 12.3. The number of carbonyl (C=O) groups is 2. The molecule has 0 saturated carbocycles. The van der Waals surface area contributed by atoms with Gasteiger partial charge in [-0.15, -0.1) is 0 Å². The van der Waals surface area contributed by atoms with Crippen LogP contribution in [0.1, 0.15) is 23.0 Å². The number of amides is 1. The van der Waals surface area contributed by atoms with Crippen molar-refractivity contribution >= 4 is 22.6 Å². The van der Waals surface area contributed by atoms with E-state index < -0.39 is 12.1 Å². The van der Waals surface area contributed by atoms with Crippen LogP contribution in [0.3, 0.4) is 0 Å². The van der Waals surface area contributed by atoms with Crippen molar-refractivity contribution < 1.29 is 23.5 Å². The number of hydrogen-bond acceptors (Lipinski definition) is 5. The SMILES string of the molecule is COc1ccc2cc(C(=O)O[C@H](C)C(=O)NCc3ccco3)ccc2c1. The Balaban J connectivity index is 1.63. The normalized spacial score (nSPS) is 11.8. The van der Waals surface area contributed by atoms with Crippen LogP contribution in [0.4, 0.5) is 0 Å². The van der Waals surface area contributed by atoms with E-state index in [9.17, 15) is 9.59 Å². The molecule has 1 atom stereocenters. The second kappa shape index (κ2) is 7.74. The van der Waals surface area contributed by atoms with Crippen molar-refractivity contribution in [2.24, 2.45) is 0 Å². The first-order chi connectivity index (χ1) is 12.6. The predicted molar refractivity (Wildman–Crippen MR) is 95.9 cm³/mol. The first kappa shape index (κ1) is 17.5. The van der Waals surface area contributed by atoms with Crippen molar-refractivity contribution in [2.75, 3.05) is 7.11 Å². The first-order valence-electron chi connectivity index (χ1n) is 8.15. The van der Waals surface area contributed by atoms with Gasteiger partial charge < -0.3 is 19.2 Å². The second-order valence-electron chi connectivity index (χ2n) is 5.77. The largest absolute Gasteiger partial charge is 0.497 e. The first-order valence-corrected chi connectivity index (χ1v) is 8.15. The molecule has 1 N–H and O–H groups in total. The Kier molecular flexibility index (Phi) is 5.22. The maximum atomic E-state index is 12.3. The van der Waals surface area contributed by atoms with Crippen molar-refractivity contribution in [1.29, 1.82) is 0 Å². The number of rotatable bonds is 6. The van der Waals surface area contributed by atoms with Gasteiger partial charge in [-0.1, -0.05) is 12.1 Å². The van der Waals surface area contributed by atoms with Crippen LogP contribution in [-0.2, 0) is 16.1 Å². The molecule has 0 saturated heterocycles. The van der Waals surface area contributed by atoms with Crippen LogP contribution >= 0.6 is 0 Å². The fraction of sp³-hybridized carbons (Fsp3) is 0.200. The number of carbonyl (C=O) groups excluding carboxylic acids is 2. The molecule has 1 heterocycles. The molecular formula is C20H19NO5. The number of furan rings is 1. The summed E-state index contributed by atoms with van der Waals surface area (Å²) in [6.07, 6.45) is 0.615. The van der Waals surface area contributed by atoms with Gasteiger partial charge in [0.1, 0.15) is 11.5 Å². The second-order valence-corrected chi connectivity index (χ2v) is 5.77. The summed E-state index contributed by atoms with van der Waals surface area (Å²) in [5.41, 5.74) is 0.383. The van der Waals surface area contributed by atoms with Crippen LogP contribution in [-0.4, -0.2) is 25.1 Å². The van der Waals surface area contributed by atoms with Gasteiger partial charge in [0.25, 0.3) is 5.91 Å². The molecule has 0 radical (unpaired) electrons. The van der Waals surface area contributed by atoms with E-state index in [0.29, 0.717) is 11.3 Å². The summed E-state index contributed by atoms with van der Waals surface area (Å²) >= 11 is 0. The van der Waals surface area contributed by atoms with E-state index in [2.05, 4.69) is 5.32 Å². The Bertz CT molecular complexity index is 917. The van der Waals surface area contributed by atoms with Crippen LogP contribution in [0.15, 0.2) is 59.2 Å². The predicted octanol–water partition coefficient (Wildman–Crippen LogP) is 3.30. The van der Waals surface area contributed by atoms with E-state index >= 15 is 0 Å². The molecule has 26 heavy (non-hydrogen) atoms. The Morgan fingerprint density at radius 2 is 1.88 bits per heavy atom. The minimum Gasteiger partial charge on any atom is -0.497 e. The Labute approximate surface area is 150 Å². The zero-order valence-electron chi connectivity index (χ0n) is 14.5. The highest BCUT2D eigenvalue weighted by molar-refractivity contribution is 5.97. The average Bonchev–Trinajstić information content (AvgIpc) is 3.18. The highest BCUT2D eigenvalue weighted by Crippen LogP contribution is 2.22. The smallest absolute Gasteiger partial charge is 0.338 e. The van der Waals surface area contributed by atoms with Gasteiger partial charge in [0, 0.05) is 0 Å². The molecule has 0 unspecified atom stereocenters. The summed E-state index contributed by atoms with van der Waals surface area (Å²) < 4.78 is 15.6. The van der Waals surface area contributed by atoms with Gasteiger partial charge in [-0.2, -0.15) is 0 Å². The van der Waals surface area contributed by atoms with Crippen molar-refractivity contribution in [3.63, 3.8) is 0 Å². The van der Waals surface area contributed by atoms with E-state index in [0.717, 1.165) is 16.5 Å². The monoisotopic (exact) mass is 353 g/mol. The number of nitrogens with one attached hydrogen (secondary N) is 1. The lowest BCUT2D eigenvalue weighted by atomic mass is 10.1. The van der Waals surface area contributed by atoms with Gasteiger partial charge in [-0.3, -0.25) is 4.79 Å². The minimum atomic E-state index is -0.913. The quantitative estimate of drug-likeness (QED) is 0.688. The summed E-state index contributed by atoms with van der Waals surface area (Å²) in [5, 5.41) is 4.49. The average molecular weight is 353 g/mol. The summed E-state index contributed by atoms with van der Waals surface area (Å²) in [4.78, 5) is 24.4. The van der Waals surface area contributed by atoms with Crippen molar-refractivity contribution in [3.8, 4) is 5.75 Å². The molecule has 0 spiro atoms. The van der Waals surface area contributed by atoms with Gasteiger partial charge in [0.2, 0.25) is 0 Å². The van der Waals surface area contributed by atoms with E-state index in [1.54, 1.807) is 31.4 Å². The van der Waals surface area contributed by atoms with Crippen LogP contribution in [0, 0.1) is 0 Å². The number of methoxy groups -OCH3 is 1. The molecule has 134 valence electrons. The molecule has 3 rings (SSSR count). The van der Waals surface area contributed by atoms with E-state index in [1.165, 1.54) is 13.2 Å². The summed E-state index contributed by atoms with van der Waals surface area (Å²) in [5.74, 6) is 0.431. The number of hydrogen-bond donors (Lipinski definition) is 1. The van der Waals surface area contributed by atoms with Gasteiger partial charge in [0.05, 0.1) is 25.5 Å². The molecule has 1 aromatic heterocycles. The molecular weight excluding hydrogens is 334 g/mol. The fourth-order valence-electron chi connectivity index (χ4n) is 2.49. The molecule has 0 aliphatic carbocycles. The van der Waals surface area contributed by atoms with Crippen molar-refractivity contribution in [2.45, 2.75) is 19.6 Å². The van der Waals surface area contributed by atoms with Crippen LogP contribution in [0.25, 0.3) is 10.8 Å². The number of ether oxygens (including phenoxy) is 2. The third-order valence-corrected chi connectivity index (χ3v) is 3.95. The van der Waals surface area contributed by atoms with E-state index in [1.807, 2.05) is 24.3 Å². The van der Waals surface area contributed by atoms with Crippen LogP contribution < -0.4 is 10.1 Å². The van der Waals surface area contributed by atoms with Crippen LogP contribution in [0.2, 0.25) is 0 Å². The highest BCUT2D eigenvalue weighted by Gasteiger charge is 2.19. The molecule has 2 aromatic carbocycles. The number of benzene rings is 2. The highest BCUT2D eigenvalue weighted by atomic mass is 16.5. The lowest BCUT2D eigenvalue weighted by Gasteiger charge is -2.13. The molecule has 6 heteroatoms. The van der Waals surface area contributed by atoms with E-state index in [-0.39, 0.29) is 12.5 Å². The Hall–Kier alpha value is -3.28. The summed E-state index contributed by atoms with van der Waals surface area (Å²) in [6.45, 7) is 1.77. The Morgan fingerprint density at radius 1 is 1.12 bits per heavy atom. The molecule has 0 fully saturated rings. The van der Waals surface area contributed by atoms with Gasteiger partial charge in [-0.25, -0.2) is 4.79 Å². The molecule has 0 aliphatic heterocycles. The topological polar surface area (TPSA) is 77.8 Å². The maximum Gasteiger partial charge on any atom is 0.338 e. The number of esters is 1. The van der Waals surface area contributed by atoms with E-state index in [4.69, 9.17) is 13.9 Å². The number of fused-ring (bicyclic) bond motifs is 1. The zero-order valence-corrected chi connectivity index (χ0v) is 14.5. The zero-order chi connectivity index (χ0) is 18.5. The third kappa shape index (κ3) is 4.03. The molecule has 6 nitrogen and oxygen atoms in total. The van der Waals surface area contributed by atoms with Crippen molar-refractivity contribution in [3.05, 3.63) is 66.1 Å². The summed E-state index contributed by atoms with van der Waals surface area (Å²) in [6, 6.07) is 14.3. The van der Waals surface area contributed by atoms with Gasteiger partial charge in [0.15, 0.2) is 6.10 Å². The van der Waals surface area contributed by atoms with Gasteiger partial charge >= 0.3 is 5.97 Å². The van der Waals surface area contributed by atoms with Crippen LogP contribution in [0.5, 0.6) is 5.75 Å². The Morgan fingerprint density at radius 3 is 2.62 bits per heavy atom. The molecule has 0 aliphatic rings.